The van der Waals surface area contributed by atoms with Crippen LogP contribution in [0.2, 0.25) is 0 Å². The third-order valence-corrected chi connectivity index (χ3v) is 1.63. The largest absolute Gasteiger partial charge is 0.319 e. The van der Waals surface area contributed by atoms with Gasteiger partial charge in [-0.05, 0) is 6.92 Å². The molecule has 1 heterocycles. The second-order valence-electron chi connectivity index (χ2n) is 2.49. The van der Waals surface area contributed by atoms with Crippen LogP contribution in [-0.2, 0) is 6.54 Å². The highest BCUT2D eigenvalue weighted by molar-refractivity contribution is 5.10. The van der Waals surface area contributed by atoms with Crippen molar-refractivity contribution >= 4 is 0 Å². The summed E-state index contributed by atoms with van der Waals surface area (Å²) in [5, 5.41) is 3.84. The Kier molecular flexibility index (Phi) is 2.75. The van der Waals surface area contributed by atoms with Crippen LogP contribution in [0.1, 0.15) is 18.5 Å². The lowest BCUT2D eigenvalue weighted by Gasteiger charge is -2.06. The molecule has 0 bridgehead atoms. The summed E-state index contributed by atoms with van der Waals surface area (Å²) in [6.07, 6.45) is 0.386. The predicted molar refractivity (Wildman–Crippen MR) is 40.8 cm³/mol. The fourth-order valence-corrected chi connectivity index (χ4v) is 0.870. The molecule has 12 heavy (non-hydrogen) atoms. The van der Waals surface area contributed by atoms with Gasteiger partial charge in [0.2, 0.25) is 0 Å². The number of halogens is 2. The fraction of sp³-hybridized carbons (Fsp3) is 0.571. The van der Waals surface area contributed by atoms with Gasteiger partial charge in [-0.25, -0.2) is 8.78 Å². The Balaban J connectivity index is 2.74. The molecule has 1 rings (SSSR count). The van der Waals surface area contributed by atoms with E-state index in [4.69, 9.17) is 5.73 Å². The monoisotopic (exact) mass is 175 g/mol. The maximum Gasteiger partial charge on any atom is 0.257 e. The molecule has 2 N–H and O–H groups in total. The van der Waals surface area contributed by atoms with Crippen LogP contribution < -0.4 is 5.73 Å². The number of rotatable bonds is 3. The maximum absolute atomic E-state index is 12.1. The Morgan fingerprint density at radius 3 is 2.75 bits per heavy atom. The van der Waals surface area contributed by atoms with E-state index in [1.165, 1.54) is 12.4 Å². The molecule has 1 aromatic heterocycles. The van der Waals surface area contributed by atoms with Gasteiger partial charge in [0.15, 0.2) is 0 Å². The molecular weight excluding hydrogens is 164 g/mol. The van der Waals surface area contributed by atoms with Crippen molar-refractivity contribution in [3.8, 4) is 0 Å². The van der Waals surface area contributed by atoms with E-state index >= 15 is 0 Å². The van der Waals surface area contributed by atoms with Crippen molar-refractivity contribution in [1.82, 2.24) is 9.78 Å². The van der Waals surface area contributed by atoms with Gasteiger partial charge in [-0.3, -0.25) is 4.68 Å². The van der Waals surface area contributed by atoms with Crippen molar-refractivity contribution in [3.63, 3.8) is 0 Å². The zero-order valence-electron chi connectivity index (χ0n) is 6.74. The van der Waals surface area contributed by atoms with Crippen molar-refractivity contribution < 1.29 is 8.78 Å². The van der Waals surface area contributed by atoms with Crippen LogP contribution in [0.5, 0.6) is 0 Å². The van der Waals surface area contributed by atoms with E-state index in [1.54, 1.807) is 4.68 Å². The predicted octanol–water partition coefficient (Wildman–Crippen LogP) is 1.17. The van der Waals surface area contributed by atoms with Gasteiger partial charge in [-0.15, -0.1) is 0 Å². The average Bonchev–Trinajstić information content (AvgIpc) is 2.50. The molecule has 0 radical (unpaired) electrons. The first-order chi connectivity index (χ1) is 5.65. The summed E-state index contributed by atoms with van der Waals surface area (Å²) in [6.45, 7) is 2.54. The van der Waals surface area contributed by atoms with E-state index in [0.717, 1.165) is 0 Å². The van der Waals surface area contributed by atoms with E-state index in [9.17, 15) is 8.78 Å². The Hall–Kier alpha value is -0.970. The van der Waals surface area contributed by atoms with E-state index in [0.29, 0.717) is 12.1 Å². The molecule has 1 atom stereocenters. The van der Waals surface area contributed by atoms with Gasteiger partial charge in [-0.1, -0.05) is 0 Å². The molecule has 0 aromatic carbocycles. The Morgan fingerprint density at radius 2 is 2.33 bits per heavy atom. The lowest BCUT2D eigenvalue weighted by Crippen LogP contribution is -2.18. The lowest BCUT2D eigenvalue weighted by atomic mass is 10.2. The molecule has 1 unspecified atom stereocenters. The van der Waals surface area contributed by atoms with E-state index in [2.05, 4.69) is 5.10 Å². The SMILES string of the molecule is CCn1cc(C(N)C(F)F)cn1. The molecule has 3 nitrogen and oxygen atoms in total. The standard InChI is InChI=1S/C7H11F2N3/c1-2-12-4-5(3-11-12)6(10)7(8)9/h3-4,6-7H,2,10H2,1H3. The molecule has 0 aliphatic carbocycles. The first-order valence-electron chi connectivity index (χ1n) is 3.71. The van der Waals surface area contributed by atoms with Gasteiger partial charge in [-0.2, -0.15) is 5.10 Å². The van der Waals surface area contributed by atoms with Gasteiger partial charge < -0.3 is 5.73 Å². The summed E-state index contributed by atoms with van der Waals surface area (Å²) in [7, 11) is 0. The molecule has 0 amide bonds. The highest BCUT2D eigenvalue weighted by atomic mass is 19.3. The summed E-state index contributed by atoms with van der Waals surface area (Å²) in [5.41, 5.74) is 5.58. The minimum Gasteiger partial charge on any atom is -0.319 e. The van der Waals surface area contributed by atoms with Crippen molar-refractivity contribution in [3.05, 3.63) is 18.0 Å². The minimum absolute atomic E-state index is 0.381. The number of nitrogens with zero attached hydrogens (tertiary/aromatic N) is 2. The summed E-state index contributed by atoms with van der Waals surface area (Å²) in [4.78, 5) is 0. The first-order valence-corrected chi connectivity index (χ1v) is 3.71. The maximum atomic E-state index is 12.1. The van der Waals surface area contributed by atoms with Crippen LogP contribution in [0.15, 0.2) is 12.4 Å². The molecular formula is C7H11F2N3. The van der Waals surface area contributed by atoms with Gasteiger partial charge in [0.1, 0.15) is 0 Å². The van der Waals surface area contributed by atoms with Gasteiger partial charge in [0, 0.05) is 18.3 Å². The van der Waals surface area contributed by atoms with Crippen LogP contribution in [0, 0.1) is 0 Å². The van der Waals surface area contributed by atoms with Crippen LogP contribution in [0.4, 0.5) is 8.78 Å². The van der Waals surface area contributed by atoms with Crippen molar-refractivity contribution in [2.24, 2.45) is 5.73 Å². The zero-order valence-corrected chi connectivity index (χ0v) is 6.74. The van der Waals surface area contributed by atoms with Crippen molar-refractivity contribution in [2.45, 2.75) is 25.9 Å². The zero-order chi connectivity index (χ0) is 9.14. The summed E-state index contributed by atoms with van der Waals surface area (Å²) in [6, 6.07) is -1.22. The third-order valence-electron chi connectivity index (χ3n) is 1.63. The Bertz CT molecular complexity index is 247. The Labute approximate surface area is 69.2 Å². The average molecular weight is 175 g/mol. The number of hydrogen-bond donors (Lipinski definition) is 1. The van der Waals surface area contributed by atoms with Crippen molar-refractivity contribution in [1.29, 1.82) is 0 Å². The second kappa shape index (κ2) is 3.62. The first kappa shape index (κ1) is 9.12. The smallest absolute Gasteiger partial charge is 0.257 e. The molecule has 0 saturated carbocycles. The highest BCUT2D eigenvalue weighted by Crippen LogP contribution is 2.16. The van der Waals surface area contributed by atoms with E-state index in [-0.39, 0.29) is 0 Å². The normalized spacial score (nSPS) is 13.8. The Morgan fingerprint density at radius 1 is 1.67 bits per heavy atom. The number of aryl methyl sites for hydroxylation is 1. The lowest BCUT2D eigenvalue weighted by molar-refractivity contribution is 0.116. The molecule has 1 aromatic rings. The van der Waals surface area contributed by atoms with Crippen LogP contribution in [0.25, 0.3) is 0 Å². The van der Waals surface area contributed by atoms with Crippen LogP contribution in [-0.4, -0.2) is 16.2 Å². The van der Waals surface area contributed by atoms with Crippen molar-refractivity contribution in [2.75, 3.05) is 0 Å². The van der Waals surface area contributed by atoms with E-state index in [1.807, 2.05) is 6.92 Å². The summed E-state index contributed by atoms with van der Waals surface area (Å²) >= 11 is 0. The second-order valence-corrected chi connectivity index (χ2v) is 2.49. The summed E-state index contributed by atoms with van der Waals surface area (Å²) in [5.74, 6) is 0. The highest BCUT2D eigenvalue weighted by Gasteiger charge is 2.18. The molecule has 0 saturated heterocycles. The number of aromatic nitrogens is 2. The van der Waals surface area contributed by atoms with Gasteiger partial charge >= 0.3 is 0 Å². The molecule has 68 valence electrons. The molecule has 5 heteroatoms. The third kappa shape index (κ3) is 1.79. The van der Waals surface area contributed by atoms with Crippen LogP contribution in [0.3, 0.4) is 0 Å². The molecule has 0 aliphatic heterocycles. The molecule has 0 aliphatic rings. The van der Waals surface area contributed by atoms with Gasteiger partial charge in [0.25, 0.3) is 6.43 Å². The van der Waals surface area contributed by atoms with E-state index < -0.39 is 12.5 Å². The quantitative estimate of drug-likeness (QED) is 0.749. The van der Waals surface area contributed by atoms with Crippen LogP contribution >= 0.6 is 0 Å². The topological polar surface area (TPSA) is 43.8 Å². The minimum atomic E-state index is -2.53. The fourth-order valence-electron chi connectivity index (χ4n) is 0.870. The number of hydrogen-bond acceptors (Lipinski definition) is 2. The number of alkyl halides is 2. The summed E-state index contributed by atoms with van der Waals surface area (Å²) < 4.78 is 25.7. The number of nitrogens with two attached hydrogens (primary N) is 1. The van der Waals surface area contributed by atoms with Gasteiger partial charge in [0.05, 0.1) is 12.2 Å². The molecule has 0 spiro atoms. The molecule has 0 fully saturated rings.